The van der Waals surface area contributed by atoms with Gasteiger partial charge in [-0.3, -0.25) is 4.79 Å². The Bertz CT molecular complexity index is 751. The quantitative estimate of drug-likeness (QED) is 0.810. The molecule has 3 rings (SSSR count). The molecule has 4 nitrogen and oxygen atoms in total. The Morgan fingerprint density at radius 2 is 1.89 bits per heavy atom. The lowest BCUT2D eigenvalue weighted by Crippen LogP contribution is -2.44. The van der Waals surface area contributed by atoms with E-state index < -0.39 is 0 Å². The van der Waals surface area contributed by atoms with Gasteiger partial charge >= 0.3 is 0 Å². The molecule has 4 heteroatoms. The fourth-order valence-electron chi connectivity index (χ4n) is 3.83. The van der Waals surface area contributed by atoms with E-state index in [1.807, 2.05) is 25.1 Å². The molecule has 2 aromatic rings. The molecule has 1 N–H and O–H groups in total. The van der Waals surface area contributed by atoms with Crippen molar-refractivity contribution < 1.29 is 14.3 Å². The zero-order valence-corrected chi connectivity index (χ0v) is 16.3. The third-order valence-electron chi connectivity index (χ3n) is 5.56. The highest BCUT2D eigenvalue weighted by Crippen LogP contribution is 2.34. The van der Waals surface area contributed by atoms with E-state index in [1.165, 1.54) is 5.56 Å². The third-order valence-corrected chi connectivity index (χ3v) is 5.56. The van der Waals surface area contributed by atoms with Crippen LogP contribution >= 0.6 is 0 Å². The van der Waals surface area contributed by atoms with Crippen LogP contribution in [0.4, 0.5) is 0 Å². The number of aryl methyl sites for hydroxylation is 2. The number of methoxy groups -OCH3 is 1. The van der Waals surface area contributed by atoms with E-state index in [0.717, 1.165) is 49.4 Å². The molecule has 0 aliphatic carbocycles. The van der Waals surface area contributed by atoms with E-state index in [4.69, 9.17) is 9.47 Å². The molecule has 1 amide bonds. The second kappa shape index (κ2) is 9.05. The number of ether oxygens (including phenoxy) is 2. The van der Waals surface area contributed by atoms with Gasteiger partial charge in [-0.15, -0.1) is 0 Å². The van der Waals surface area contributed by atoms with E-state index in [1.54, 1.807) is 7.11 Å². The predicted octanol–water partition coefficient (Wildman–Crippen LogP) is 3.80. The van der Waals surface area contributed by atoms with E-state index in [2.05, 4.69) is 35.6 Å². The van der Waals surface area contributed by atoms with Crippen molar-refractivity contribution in [3.05, 3.63) is 65.2 Å². The summed E-state index contributed by atoms with van der Waals surface area (Å²) in [5.41, 5.74) is 3.53. The molecular weight excluding hydrogens is 338 g/mol. The highest BCUT2D eigenvalue weighted by Gasteiger charge is 2.34. The van der Waals surface area contributed by atoms with Crippen LogP contribution in [0, 0.1) is 6.92 Å². The van der Waals surface area contributed by atoms with Crippen molar-refractivity contribution in [1.29, 1.82) is 0 Å². The van der Waals surface area contributed by atoms with E-state index in [9.17, 15) is 4.79 Å². The molecule has 1 fully saturated rings. The van der Waals surface area contributed by atoms with Gasteiger partial charge in [-0.05, 0) is 48.9 Å². The predicted molar refractivity (Wildman–Crippen MR) is 107 cm³/mol. The number of amides is 1. The van der Waals surface area contributed by atoms with Gasteiger partial charge in [0.25, 0.3) is 0 Å². The first-order chi connectivity index (χ1) is 13.1. The monoisotopic (exact) mass is 367 g/mol. The van der Waals surface area contributed by atoms with Gasteiger partial charge < -0.3 is 14.8 Å². The highest BCUT2D eigenvalue weighted by molar-refractivity contribution is 5.76. The van der Waals surface area contributed by atoms with E-state index >= 15 is 0 Å². The van der Waals surface area contributed by atoms with Crippen LogP contribution in [-0.2, 0) is 21.4 Å². The Morgan fingerprint density at radius 1 is 1.15 bits per heavy atom. The summed E-state index contributed by atoms with van der Waals surface area (Å²) < 4.78 is 10.9. The minimum atomic E-state index is -0.0220. The molecule has 144 valence electrons. The molecule has 1 aliphatic heterocycles. The SMILES string of the molecule is COc1ccc(CCC(=O)NCC2(c3ccccc3)CCOCC2)cc1C. The molecule has 0 aromatic heterocycles. The summed E-state index contributed by atoms with van der Waals surface area (Å²) in [7, 11) is 1.67. The van der Waals surface area contributed by atoms with Gasteiger partial charge in [-0.2, -0.15) is 0 Å². The van der Waals surface area contributed by atoms with Crippen molar-refractivity contribution in [2.45, 2.75) is 38.0 Å². The molecule has 1 saturated heterocycles. The number of hydrogen-bond acceptors (Lipinski definition) is 3. The fourth-order valence-corrected chi connectivity index (χ4v) is 3.83. The Balaban J connectivity index is 1.57. The molecule has 0 radical (unpaired) electrons. The van der Waals surface area contributed by atoms with Crippen LogP contribution in [0.2, 0.25) is 0 Å². The summed E-state index contributed by atoms with van der Waals surface area (Å²) in [6.45, 7) is 4.18. The fraction of sp³-hybridized carbons (Fsp3) is 0.435. The molecule has 0 bridgehead atoms. The maximum absolute atomic E-state index is 12.5. The lowest BCUT2D eigenvalue weighted by molar-refractivity contribution is -0.121. The van der Waals surface area contributed by atoms with Crippen LogP contribution in [0.15, 0.2) is 48.5 Å². The van der Waals surface area contributed by atoms with Crippen molar-refractivity contribution in [2.75, 3.05) is 26.9 Å². The van der Waals surface area contributed by atoms with Crippen LogP contribution in [0.3, 0.4) is 0 Å². The topological polar surface area (TPSA) is 47.6 Å². The number of hydrogen-bond donors (Lipinski definition) is 1. The summed E-state index contributed by atoms with van der Waals surface area (Å²) in [5, 5.41) is 3.18. The normalized spacial score (nSPS) is 15.9. The average molecular weight is 367 g/mol. The summed E-state index contributed by atoms with van der Waals surface area (Å²) >= 11 is 0. The molecule has 2 aromatic carbocycles. The van der Waals surface area contributed by atoms with E-state index in [-0.39, 0.29) is 11.3 Å². The summed E-state index contributed by atoms with van der Waals surface area (Å²) in [5.74, 6) is 0.984. The van der Waals surface area contributed by atoms with Gasteiger partial charge in [0.2, 0.25) is 5.91 Å². The van der Waals surface area contributed by atoms with Crippen molar-refractivity contribution in [3.63, 3.8) is 0 Å². The van der Waals surface area contributed by atoms with Crippen molar-refractivity contribution in [1.82, 2.24) is 5.32 Å². The van der Waals surface area contributed by atoms with Crippen molar-refractivity contribution in [3.8, 4) is 5.75 Å². The summed E-state index contributed by atoms with van der Waals surface area (Å²) in [6.07, 6.45) is 3.11. The molecule has 0 spiro atoms. The van der Waals surface area contributed by atoms with Gasteiger partial charge in [-0.25, -0.2) is 0 Å². The molecule has 0 saturated carbocycles. The third kappa shape index (κ3) is 4.89. The van der Waals surface area contributed by atoms with Gasteiger partial charge in [0.1, 0.15) is 5.75 Å². The Kier molecular flexibility index (Phi) is 6.51. The molecule has 0 atom stereocenters. The largest absolute Gasteiger partial charge is 0.496 e. The second-order valence-electron chi connectivity index (χ2n) is 7.34. The van der Waals surface area contributed by atoms with Crippen LogP contribution in [0.5, 0.6) is 5.75 Å². The Morgan fingerprint density at radius 3 is 2.56 bits per heavy atom. The lowest BCUT2D eigenvalue weighted by atomic mass is 9.74. The average Bonchev–Trinajstić information content (AvgIpc) is 2.72. The van der Waals surface area contributed by atoms with Crippen molar-refractivity contribution >= 4 is 5.91 Å². The number of nitrogens with one attached hydrogen (secondary N) is 1. The summed E-state index contributed by atoms with van der Waals surface area (Å²) in [4.78, 5) is 12.5. The number of carbonyl (C=O) groups is 1. The molecular formula is C23H29NO3. The number of rotatable bonds is 7. The first kappa shape index (κ1) is 19.4. The van der Waals surface area contributed by atoms with Crippen molar-refractivity contribution in [2.24, 2.45) is 0 Å². The minimum Gasteiger partial charge on any atom is -0.496 e. The standard InChI is InChI=1S/C23H29NO3/c1-18-16-19(8-10-21(18)26-2)9-11-22(25)24-17-23(12-14-27-15-13-23)20-6-4-3-5-7-20/h3-8,10,16H,9,11-15,17H2,1-2H3,(H,24,25). The minimum absolute atomic E-state index is 0.0220. The maximum atomic E-state index is 12.5. The summed E-state index contributed by atoms with van der Waals surface area (Å²) in [6, 6.07) is 16.6. The smallest absolute Gasteiger partial charge is 0.220 e. The maximum Gasteiger partial charge on any atom is 0.220 e. The zero-order chi connectivity index (χ0) is 19.1. The van der Waals surface area contributed by atoms with Gasteiger partial charge in [0.15, 0.2) is 0 Å². The molecule has 1 aliphatic rings. The highest BCUT2D eigenvalue weighted by atomic mass is 16.5. The van der Waals surface area contributed by atoms with Crippen LogP contribution < -0.4 is 10.1 Å². The second-order valence-corrected chi connectivity index (χ2v) is 7.34. The number of benzene rings is 2. The molecule has 0 unspecified atom stereocenters. The van der Waals surface area contributed by atoms with Gasteiger partial charge in [-0.1, -0.05) is 42.5 Å². The lowest BCUT2D eigenvalue weighted by Gasteiger charge is -2.38. The van der Waals surface area contributed by atoms with Crippen LogP contribution in [-0.4, -0.2) is 32.8 Å². The Hall–Kier alpha value is -2.33. The molecule has 1 heterocycles. The number of carbonyl (C=O) groups excluding carboxylic acids is 1. The first-order valence-electron chi connectivity index (χ1n) is 9.66. The van der Waals surface area contributed by atoms with Crippen LogP contribution in [0.1, 0.15) is 36.0 Å². The zero-order valence-electron chi connectivity index (χ0n) is 16.3. The molecule has 27 heavy (non-hydrogen) atoms. The van der Waals surface area contributed by atoms with E-state index in [0.29, 0.717) is 13.0 Å². The van der Waals surface area contributed by atoms with Gasteiger partial charge in [0.05, 0.1) is 7.11 Å². The van der Waals surface area contributed by atoms with Gasteiger partial charge in [0, 0.05) is 31.6 Å². The van der Waals surface area contributed by atoms with Crippen LogP contribution in [0.25, 0.3) is 0 Å². The Labute approximate surface area is 161 Å². The first-order valence-corrected chi connectivity index (χ1v) is 9.66.